The highest BCUT2D eigenvalue weighted by atomic mass is 31.2. The number of carbonyl (C=O) groups is 1. The lowest BCUT2D eigenvalue weighted by molar-refractivity contribution is -0.120. The zero-order chi connectivity index (χ0) is 28.8. The standard InChI is InChI=1S/C31H40FN2O5P/c1-4-38-40(36,39-5-2)31(37-3,27-17-19-28(32)20-18-27)21-12-22-34-30(35)24-33-23-29(25-13-8-6-9-14-25)26-15-10-7-11-16-26/h6-11,13-20,29,33H,4-5,12,21-24H2,1-3H3,(H,34,35). The Labute approximate surface area is 237 Å². The van der Waals surface area contributed by atoms with E-state index in [4.69, 9.17) is 13.8 Å². The van der Waals surface area contributed by atoms with Gasteiger partial charge in [-0.25, -0.2) is 4.39 Å². The van der Waals surface area contributed by atoms with Gasteiger partial charge in [-0.15, -0.1) is 0 Å². The predicted molar refractivity (Wildman–Crippen MR) is 156 cm³/mol. The maximum absolute atomic E-state index is 14.0. The summed E-state index contributed by atoms with van der Waals surface area (Å²) >= 11 is 0. The summed E-state index contributed by atoms with van der Waals surface area (Å²) in [5, 5.41) is 4.75. The molecule has 0 aliphatic heterocycles. The van der Waals surface area contributed by atoms with Crippen LogP contribution in [0.5, 0.6) is 0 Å². The number of rotatable bonds is 17. The summed E-state index contributed by atoms with van der Waals surface area (Å²) in [6.45, 7) is 4.84. The molecule has 1 amide bonds. The number of amides is 1. The number of nitrogens with one attached hydrogen (secondary N) is 2. The van der Waals surface area contributed by atoms with Gasteiger partial charge in [0.2, 0.25) is 5.91 Å². The fourth-order valence-corrected chi connectivity index (χ4v) is 7.11. The number of methoxy groups -OCH3 is 1. The molecule has 0 bridgehead atoms. The van der Waals surface area contributed by atoms with Crippen LogP contribution in [-0.2, 0) is 28.5 Å². The average Bonchev–Trinajstić information content (AvgIpc) is 2.97. The van der Waals surface area contributed by atoms with Gasteiger partial charge < -0.3 is 24.4 Å². The Balaban J connectivity index is 1.61. The molecule has 0 aliphatic carbocycles. The molecule has 0 saturated carbocycles. The van der Waals surface area contributed by atoms with E-state index in [-0.39, 0.29) is 38.0 Å². The molecule has 3 rings (SSSR count). The number of ether oxygens (including phenoxy) is 1. The van der Waals surface area contributed by atoms with Gasteiger partial charge in [-0.1, -0.05) is 72.8 Å². The summed E-state index contributed by atoms with van der Waals surface area (Å²) in [7, 11) is -2.38. The molecular formula is C31H40FN2O5P. The zero-order valence-electron chi connectivity index (χ0n) is 23.5. The Morgan fingerprint density at radius 3 is 1.95 bits per heavy atom. The molecule has 0 heterocycles. The third kappa shape index (κ3) is 8.09. The number of hydrogen-bond donors (Lipinski definition) is 2. The average molecular weight is 571 g/mol. The molecule has 0 aliphatic rings. The van der Waals surface area contributed by atoms with Crippen molar-refractivity contribution >= 4 is 13.5 Å². The van der Waals surface area contributed by atoms with E-state index in [9.17, 15) is 13.8 Å². The van der Waals surface area contributed by atoms with Crippen LogP contribution in [0.25, 0.3) is 0 Å². The fourth-order valence-electron chi connectivity index (χ4n) is 4.81. The second kappa shape index (κ2) is 15.8. The minimum atomic E-state index is -3.82. The Morgan fingerprint density at radius 1 is 0.900 bits per heavy atom. The van der Waals surface area contributed by atoms with Gasteiger partial charge in [0.25, 0.3) is 0 Å². The maximum atomic E-state index is 14.0. The van der Waals surface area contributed by atoms with Crippen LogP contribution in [0.1, 0.15) is 49.3 Å². The Morgan fingerprint density at radius 2 is 1.45 bits per heavy atom. The van der Waals surface area contributed by atoms with Crippen LogP contribution in [0.2, 0.25) is 0 Å². The number of benzene rings is 3. The second-order valence-corrected chi connectivity index (χ2v) is 11.5. The molecule has 3 aromatic carbocycles. The van der Waals surface area contributed by atoms with Crippen molar-refractivity contribution in [3.63, 3.8) is 0 Å². The number of carbonyl (C=O) groups excluding carboxylic acids is 1. The highest BCUT2D eigenvalue weighted by molar-refractivity contribution is 7.55. The Kier molecular flexibility index (Phi) is 12.5. The van der Waals surface area contributed by atoms with Crippen molar-refractivity contribution in [1.29, 1.82) is 0 Å². The van der Waals surface area contributed by atoms with Gasteiger partial charge >= 0.3 is 7.60 Å². The molecule has 9 heteroatoms. The Hall–Kier alpha value is -2.87. The first-order valence-electron chi connectivity index (χ1n) is 13.7. The third-order valence-corrected chi connectivity index (χ3v) is 9.47. The maximum Gasteiger partial charge on any atom is 0.366 e. The van der Waals surface area contributed by atoms with E-state index in [1.807, 2.05) is 36.4 Å². The van der Waals surface area contributed by atoms with Crippen molar-refractivity contribution in [3.8, 4) is 0 Å². The minimum absolute atomic E-state index is 0.111. The van der Waals surface area contributed by atoms with Crippen LogP contribution >= 0.6 is 7.60 Å². The largest absolute Gasteiger partial charge is 0.366 e. The molecule has 1 unspecified atom stereocenters. The van der Waals surface area contributed by atoms with Crippen LogP contribution < -0.4 is 10.6 Å². The van der Waals surface area contributed by atoms with Crippen LogP contribution in [0.15, 0.2) is 84.9 Å². The summed E-state index contributed by atoms with van der Waals surface area (Å²) in [6.07, 6.45) is 0.655. The van der Waals surface area contributed by atoms with Crippen molar-refractivity contribution in [2.24, 2.45) is 0 Å². The molecular weight excluding hydrogens is 530 g/mol. The first-order valence-corrected chi connectivity index (χ1v) is 15.2. The van der Waals surface area contributed by atoms with Crippen molar-refractivity contribution in [2.45, 2.75) is 37.9 Å². The minimum Gasteiger partial charge on any atom is -0.361 e. The molecule has 3 aromatic rings. The van der Waals surface area contributed by atoms with Crippen LogP contribution in [0, 0.1) is 5.82 Å². The fraction of sp³-hybridized carbons (Fsp3) is 0.387. The highest BCUT2D eigenvalue weighted by Crippen LogP contribution is 2.67. The molecule has 2 N–H and O–H groups in total. The topological polar surface area (TPSA) is 85.9 Å². The van der Waals surface area contributed by atoms with Crippen LogP contribution in [-0.4, -0.2) is 45.9 Å². The molecule has 7 nitrogen and oxygen atoms in total. The SMILES string of the molecule is CCOP(=O)(OCC)C(CCCNC(=O)CNCC(c1ccccc1)c1ccccc1)(OC)c1ccc(F)cc1. The molecule has 1 atom stereocenters. The zero-order valence-corrected chi connectivity index (χ0v) is 24.4. The first kappa shape index (κ1) is 31.7. The molecule has 0 fully saturated rings. The van der Waals surface area contributed by atoms with Crippen LogP contribution in [0.3, 0.4) is 0 Å². The summed E-state index contributed by atoms with van der Waals surface area (Å²) in [5.41, 5.74) is 2.83. The summed E-state index contributed by atoms with van der Waals surface area (Å²) in [5.74, 6) is -0.458. The lowest BCUT2D eigenvalue weighted by Crippen LogP contribution is -2.37. The monoisotopic (exact) mass is 570 g/mol. The molecule has 0 saturated heterocycles. The van der Waals surface area contributed by atoms with E-state index in [0.29, 0.717) is 25.1 Å². The van der Waals surface area contributed by atoms with Crippen molar-refractivity contribution in [2.75, 3.05) is 40.0 Å². The van der Waals surface area contributed by atoms with Gasteiger partial charge in [0.15, 0.2) is 5.34 Å². The van der Waals surface area contributed by atoms with Gasteiger partial charge in [-0.05, 0) is 55.5 Å². The Bertz CT molecular complexity index is 1160. The lowest BCUT2D eigenvalue weighted by atomic mass is 9.91. The van der Waals surface area contributed by atoms with E-state index >= 15 is 0 Å². The smallest absolute Gasteiger partial charge is 0.361 e. The quantitative estimate of drug-likeness (QED) is 0.148. The van der Waals surface area contributed by atoms with Gasteiger partial charge in [0.05, 0.1) is 19.8 Å². The van der Waals surface area contributed by atoms with E-state index in [0.717, 1.165) is 0 Å². The lowest BCUT2D eigenvalue weighted by Gasteiger charge is -2.38. The predicted octanol–water partition coefficient (Wildman–Crippen LogP) is 6.21. The van der Waals surface area contributed by atoms with Gasteiger partial charge in [0, 0.05) is 26.1 Å². The van der Waals surface area contributed by atoms with Crippen molar-refractivity contribution < 1.29 is 27.5 Å². The summed E-state index contributed by atoms with van der Waals surface area (Å²) in [4.78, 5) is 12.7. The van der Waals surface area contributed by atoms with Crippen LogP contribution in [0.4, 0.5) is 4.39 Å². The third-order valence-electron chi connectivity index (χ3n) is 6.73. The van der Waals surface area contributed by atoms with Crippen molar-refractivity contribution in [3.05, 3.63) is 107 Å². The molecule has 0 spiro atoms. The molecule has 0 radical (unpaired) electrons. The molecule has 40 heavy (non-hydrogen) atoms. The summed E-state index contributed by atoms with van der Waals surface area (Å²) in [6, 6.07) is 26.0. The number of halogens is 1. The van der Waals surface area contributed by atoms with E-state index in [1.165, 1.54) is 42.5 Å². The van der Waals surface area contributed by atoms with Crippen molar-refractivity contribution in [1.82, 2.24) is 10.6 Å². The highest BCUT2D eigenvalue weighted by Gasteiger charge is 2.52. The van der Waals surface area contributed by atoms with Gasteiger partial charge in [-0.3, -0.25) is 9.36 Å². The molecule has 216 valence electrons. The van der Waals surface area contributed by atoms with E-state index in [2.05, 4.69) is 34.9 Å². The normalized spacial score (nSPS) is 13.2. The van der Waals surface area contributed by atoms with Gasteiger partial charge in [0.1, 0.15) is 5.82 Å². The summed E-state index contributed by atoms with van der Waals surface area (Å²) < 4.78 is 44.8. The molecule has 0 aromatic heterocycles. The number of hydrogen-bond acceptors (Lipinski definition) is 6. The second-order valence-electron chi connectivity index (χ2n) is 9.29. The first-order chi connectivity index (χ1) is 19.4. The van der Waals surface area contributed by atoms with E-state index in [1.54, 1.807) is 13.8 Å². The van der Waals surface area contributed by atoms with Gasteiger partial charge in [-0.2, -0.15) is 0 Å². The van der Waals surface area contributed by atoms with E-state index < -0.39 is 18.8 Å².